The van der Waals surface area contributed by atoms with Gasteiger partial charge in [0.25, 0.3) is 0 Å². The Bertz CT molecular complexity index is 949. The maximum absolute atomic E-state index is 12.2. The summed E-state index contributed by atoms with van der Waals surface area (Å²) in [6.45, 7) is 6.31. The molecule has 0 saturated carbocycles. The van der Waals surface area contributed by atoms with Crippen molar-refractivity contribution in [1.82, 2.24) is 15.3 Å². The fraction of sp³-hybridized carbons (Fsp3) is 0.429. The number of carboxylic acid groups (broad SMARTS) is 1. The van der Waals surface area contributed by atoms with Crippen molar-refractivity contribution in [3.63, 3.8) is 0 Å². The van der Waals surface area contributed by atoms with Crippen LogP contribution in [0.15, 0.2) is 30.6 Å². The van der Waals surface area contributed by atoms with E-state index in [4.69, 9.17) is 4.74 Å². The Kier molecular flexibility index (Phi) is 6.97. The molecule has 0 aliphatic carbocycles. The number of carbonyl (C=O) groups excluding carboxylic acids is 1. The first-order chi connectivity index (χ1) is 14.4. The van der Waals surface area contributed by atoms with Gasteiger partial charge in [-0.3, -0.25) is 4.79 Å². The van der Waals surface area contributed by atoms with Gasteiger partial charge in [-0.1, -0.05) is 6.07 Å². The molecule has 0 bridgehead atoms. The Labute approximate surface area is 186 Å². The van der Waals surface area contributed by atoms with Crippen LogP contribution >= 0.6 is 12.4 Å². The van der Waals surface area contributed by atoms with Gasteiger partial charge in [-0.15, -0.1) is 12.4 Å². The molecule has 1 fully saturated rings. The maximum atomic E-state index is 12.2. The zero-order valence-electron chi connectivity index (χ0n) is 17.4. The molecular formula is C21H26ClN5O4. The normalized spacial score (nSPS) is 20.5. The second-order valence-electron chi connectivity index (χ2n) is 7.62. The van der Waals surface area contributed by atoms with Crippen molar-refractivity contribution in [1.29, 1.82) is 0 Å². The molecule has 2 aliphatic heterocycles. The number of benzene rings is 1. The molecular weight excluding hydrogens is 422 g/mol. The van der Waals surface area contributed by atoms with E-state index in [0.717, 1.165) is 35.5 Å². The highest BCUT2D eigenvalue weighted by atomic mass is 35.5. The number of hydrogen-bond donors (Lipinski definition) is 2. The monoisotopic (exact) mass is 447 g/mol. The van der Waals surface area contributed by atoms with Gasteiger partial charge in [0.2, 0.25) is 11.9 Å². The number of hydrogen-bond acceptors (Lipinski definition) is 6. The first kappa shape index (κ1) is 22.8. The lowest BCUT2D eigenvalue weighted by Crippen LogP contribution is -2.45. The largest absolute Gasteiger partial charge is 0.465 e. The summed E-state index contributed by atoms with van der Waals surface area (Å²) in [7, 11) is 0. The number of rotatable bonds is 3. The van der Waals surface area contributed by atoms with Gasteiger partial charge in [0.05, 0.1) is 19.3 Å². The minimum Gasteiger partial charge on any atom is -0.465 e. The molecule has 2 aromatic rings. The maximum Gasteiger partial charge on any atom is 0.405 e. The van der Waals surface area contributed by atoms with Gasteiger partial charge in [0.1, 0.15) is 0 Å². The number of amides is 2. The Balaban J connectivity index is 0.00000272. The van der Waals surface area contributed by atoms with E-state index in [-0.39, 0.29) is 24.4 Å². The molecule has 1 saturated heterocycles. The Morgan fingerprint density at radius 2 is 1.84 bits per heavy atom. The molecule has 1 aromatic carbocycles. The molecule has 0 radical (unpaired) electrons. The first-order valence-corrected chi connectivity index (χ1v) is 10.0. The number of morpholine rings is 1. The highest BCUT2D eigenvalue weighted by molar-refractivity contribution is 5.94. The smallest absolute Gasteiger partial charge is 0.405 e. The number of aromatic nitrogens is 2. The van der Waals surface area contributed by atoms with E-state index < -0.39 is 12.1 Å². The molecule has 0 unspecified atom stereocenters. The molecule has 2 atom stereocenters. The number of ether oxygens (including phenoxy) is 1. The van der Waals surface area contributed by atoms with E-state index in [1.54, 1.807) is 17.3 Å². The van der Waals surface area contributed by atoms with Gasteiger partial charge in [-0.2, -0.15) is 0 Å². The second kappa shape index (κ2) is 9.49. The summed E-state index contributed by atoms with van der Waals surface area (Å²) >= 11 is 0. The van der Waals surface area contributed by atoms with Crippen molar-refractivity contribution in [2.45, 2.75) is 32.4 Å². The average molecular weight is 448 g/mol. The molecule has 9 nitrogen and oxygen atoms in total. The minimum absolute atomic E-state index is 0. The molecule has 166 valence electrons. The highest BCUT2D eigenvalue weighted by Crippen LogP contribution is 2.39. The fourth-order valence-electron chi connectivity index (χ4n) is 4.21. The molecule has 2 amide bonds. The van der Waals surface area contributed by atoms with Crippen molar-refractivity contribution in [3.05, 3.63) is 36.2 Å². The second-order valence-corrected chi connectivity index (χ2v) is 7.62. The van der Waals surface area contributed by atoms with Crippen LogP contribution in [0.25, 0.3) is 11.1 Å². The van der Waals surface area contributed by atoms with Crippen LogP contribution in [0.3, 0.4) is 0 Å². The summed E-state index contributed by atoms with van der Waals surface area (Å²) < 4.78 is 5.36. The lowest BCUT2D eigenvalue weighted by molar-refractivity contribution is -0.117. The van der Waals surface area contributed by atoms with E-state index in [1.165, 1.54) is 6.92 Å². The number of nitrogens with one attached hydrogen (secondary N) is 1. The predicted octanol–water partition coefficient (Wildman–Crippen LogP) is 2.86. The SMILES string of the molecule is CC(=O)N1c2ccc(-c3cnc(N4CCOCC4)nc3)cc2[C@@H](NC(=O)O)C[C@H]1C.Cl. The number of anilines is 2. The zero-order chi connectivity index (χ0) is 21.3. The molecule has 2 aliphatic rings. The number of carbonyl (C=O) groups is 2. The summed E-state index contributed by atoms with van der Waals surface area (Å²) in [4.78, 5) is 36.3. The van der Waals surface area contributed by atoms with E-state index in [9.17, 15) is 14.7 Å². The van der Waals surface area contributed by atoms with Crippen LogP contribution in [0.4, 0.5) is 16.4 Å². The van der Waals surface area contributed by atoms with Crippen LogP contribution in [0.5, 0.6) is 0 Å². The van der Waals surface area contributed by atoms with Gasteiger partial charge in [-0.05, 0) is 36.6 Å². The predicted molar refractivity (Wildman–Crippen MR) is 119 cm³/mol. The van der Waals surface area contributed by atoms with Crippen LogP contribution in [0, 0.1) is 0 Å². The molecule has 10 heteroatoms. The van der Waals surface area contributed by atoms with E-state index in [0.29, 0.717) is 25.6 Å². The van der Waals surface area contributed by atoms with Crippen LogP contribution < -0.4 is 15.1 Å². The van der Waals surface area contributed by atoms with E-state index in [2.05, 4.69) is 20.2 Å². The zero-order valence-corrected chi connectivity index (χ0v) is 18.3. The third-order valence-corrected chi connectivity index (χ3v) is 5.58. The number of nitrogens with zero attached hydrogens (tertiary/aromatic N) is 4. The van der Waals surface area contributed by atoms with Gasteiger partial charge in [0.15, 0.2) is 0 Å². The van der Waals surface area contributed by atoms with Crippen molar-refractivity contribution in [2.24, 2.45) is 0 Å². The molecule has 31 heavy (non-hydrogen) atoms. The Morgan fingerprint density at radius 3 is 2.45 bits per heavy atom. The van der Waals surface area contributed by atoms with Gasteiger partial charge >= 0.3 is 6.09 Å². The number of halogens is 1. The third-order valence-electron chi connectivity index (χ3n) is 5.58. The van der Waals surface area contributed by atoms with Crippen LogP contribution in [-0.4, -0.2) is 59.4 Å². The van der Waals surface area contributed by atoms with Crippen molar-refractivity contribution < 1.29 is 19.4 Å². The minimum atomic E-state index is -1.09. The van der Waals surface area contributed by atoms with Gasteiger partial charge < -0.3 is 25.0 Å². The molecule has 0 spiro atoms. The fourth-order valence-corrected chi connectivity index (χ4v) is 4.21. The Morgan fingerprint density at radius 1 is 1.16 bits per heavy atom. The lowest BCUT2D eigenvalue weighted by Gasteiger charge is -2.39. The van der Waals surface area contributed by atoms with Crippen molar-refractivity contribution >= 4 is 36.0 Å². The summed E-state index contributed by atoms with van der Waals surface area (Å²) in [6, 6.07) is 5.21. The quantitative estimate of drug-likeness (QED) is 0.744. The van der Waals surface area contributed by atoms with E-state index >= 15 is 0 Å². The van der Waals surface area contributed by atoms with Crippen molar-refractivity contribution in [3.8, 4) is 11.1 Å². The summed E-state index contributed by atoms with van der Waals surface area (Å²) in [5, 5.41) is 11.9. The summed E-state index contributed by atoms with van der Waals surface area (Å²) in [5.74, 6) is 0.602. The molecule has 3 heterocycles. The lowest BCUT2D eigenvalue weighted by atomic mass is 9.89. The topological polar surface area (TPSA) is 108 Å². The third kappa shape index (κ3) is 4.72. The molecule has 2 N–H and O–H groups in total. The average Bonchev–Trinajstić information content (AvgIpc) is 2.73. The van der Waals surface area contributed by atoms with Crippen LogP contribution in [-0.2, 0) is 9.53 Å². The number of fused-ring (bicyclic) bond motifs is 1. The Hall–Kier alpha value is -2.91. The van der Waals surface area contributed by atoms with Crippen LogP contribution in [0.2, 0.25) is 0 Å². The summed E-state index contributed by atoms with van der Waals surface area (Å²) in [6.07, 6.45) is 2.97. The van der Waals surface area contributed by atoms with Crippen LogP contribution in [0.1, 0.15) is 31.9 Å². The van der Waals surface area contributed by atoms with Crippen molar-refractivity contribution in [2.75, 3.05) is 36.1 Å². The molecule has 1 aromatic heterocycles. The summed E-state index contributed by atoms with van der Waals surface area (Å²) in [5.41, 5.74) is 3.21. The van der Waals surface area contributed by atoms with E-state index in [1.807, 2.05) is 25.1 Å². The highest BCUT2D eigenvalue weighted by Gasteiger charge is 2.33. The van der Waals surface area contributed by atoms with Gasteiger partial charge in [0, 0.05) is 49.7 Å². The first-order valence-electron chi connectivity index (χ1n) is 10.0. The van der Waals surface area contributed by atoms with Gasteiger partial charge in [-0.25, -0.2) is 14.8 Å². The molecule has 4 rings (SSSR count). The standard InChI is InChI=1S/C21H25N5O4.ClH/c1-13-9-18(24-21(28)29)17-10-15(3-4-19(17)26(13)14(2)27)16-11-22-20(23-12-16)25-5-7-30-8-6-25;/h3-4,10-13,18,24H,5-9H2,1-2H3,(H,28,29);1H/t13-,18+;/m1./s1.